The molecule has 38 heavy (non-hydrogen) atoms. The van der Waals surface area contributed by atoms with Crippen molar-refractivity contribution in [2.24, 2.45) is 0 Å². The van der Waals surface area contributed by atoms with Crippen LogP contribution in [0, 0.1) is 12.7 Å². The Hall–Kier alpha value is -3.36. The monoisotopic (exact) mass is 518 g/mol. The summed E-state index contributed by atoms with van der Waals surface area (Å²) in [6.45, 7) is 5.69. The number of aromatic nitrogens is 3. The largest absolute Gasteiger partial charge is 0.392 e. The van der Waals surface area contributed by atoms with Crippen molar-refractivity contribution >= 4 is 11.0 Å². The average molecular weight is 519 g/mol. The van der Waals surface area contributed by atoms with Gasteiger partial charge in [0.15, 0.2) is 5.58 Å². The summed E-state index contributed by atoms with van der Waals surface area (Å²) < 4.78 is 20.6. The van der Waals surface area contributed by atoms with E-state index in [9.17, 15) is 9.18 Å². The van der Waals surface area contributed by atoms with Gasteiger partial charge in [-0.2, -0.15) is 0 Å². The van der Waals surface area contributed by atoms with E-state index in [4.69, 9.17) is 14.6 Å². The molecule has 2 aromatic carbocycles. The molecule has 0 radical (unpaired) electrons. The Labute approximate surface area is 221 Å². The highest BCUT2D eigenvalue weighted by Crippen LogP contribution is 2.32. The quantitative estimate of drug-likeness (QED) is 0.410. The number of aliphatic hydroxyl groups is 1. The number of hydrogen-bond donors (Lipinski definition) is 1. The molecular formula is C30H35FN4O3. The molecule has 2 aliphatic heterocycles. The van der Waals surface area contributed by atoms with Gasteiger partial charge < -0.3 is 14.5 Å². The molecule has 2 aromatic heterocycles. The molecule has 8 heteroatoms. The number of hydrogen-bond acceptors (Lipinski definition) is 6. The molecule has 0 amide bonds. The first-order valence-electron chi connectivity index (χ1n) is 13.5. The van der Waals surface area contributed by atoms with Gasteiger partial charge >= 0.3 is 0 Å². The van der Waals surface area contributed by atoms with Crippen molar-refractivity contribution < 1.29 is 14.0 Å². The summed E-state index contributed by atoms with van der Waals surface area (Å²) >= 11 is 0. The lowest BCUT2D eigenvalue weighted by molar-refractivity contribution is 0.211. The summed E-state index contributed by atoms with van der Waals surface area (Å²) in [6, 6.07) is 14.2. The summed E-state index contributed by atoms with van der Waals surface area (Å²) in [5.41, 5.74) is 4.35. The van der Waals surface area contributed by atoms with Gasteiger partial charge in [-0.25, -0.2) is 9.37 Å². The number of piperidine rings is 1. The minimum atomic E-state index is -0.303. The first kappa shape index (κ1) is 26.3. The van der Waals surface area contributed by atoms with Gasteiger partial charge in [0.2, 0.25) is 0 Å². The van der Waals surface area contributed by atoms with E-state index >= 15 is 0 Å². The number of likely N-dealkylation sites (tertiary alicyclic amines) is 1. The number of nitrogens with zero attached hydrogens (tertiary/aromatic N) is 4. The molecule has 0 aliphatic carbocycles. The number of aliphatic hydroxyl groups excluding tert-OH is 1. The molecule has 200 valence electrons. The molecule has 0 atom stereocenters. The lowest BCUT2D eigenvalue weighted by Gasteiger charge is -2.31. The molecule has 0 bridgehead atoms. The first-order chi connectivity index (χ1) is 18.5. The summed E-state index contributed by atoms with van der Waals surface area (Å²) in [4.78, 5) is 20.1. The van der Waals surface area contributed by atoms with Gasteiger partial charge in [0.05, 0.1) is 12.3 Å². The van der Waals surface area contributed by atoms with Crippen LogP contribution in [-0.4, -0.2) is 44.3 Å². The number of halogens is 1. The van der Waals surface area contributed by atoms with Crippen molar-refractivity contribution in [1.82, 2.24) is 19.6 Å². The van der Waals surface area contributed by atoms with Crippen molar-refractivity contribution in [2.45, 2.75) is 64.5 Å². The van der Waals surface area contributed by atoms with Crippen LogP contribution >= 0.6 is 0 Å². The standard InChI is InChI=1S/C23H27FN4O2.C7H8O/c1-15-18(23(29)28-10-3-2-4-21(28)25-15)9-13-27-11-7-16(8-12-27)22-19-6-5-17(24)14-20(19)30-26-22;8-6-7-4-2-1-3-5-7/h5-6,14,16H,2-4,7-13H2,1H3;1-5,8H,6H2. The molecule has 7 nitrogen and oxygen atoms in total. The van der Waals surface area contributed by atoms with Crippen LogP contribution in [0.1, 0.15) is 59.9 Å². The van der Waals surface area contributed by atoms with Gasteiger partial charge in [-0.3, -0.25) is 9.36 Å². The van der Waals surface area contributed by atoms with Crippen molar-refractivity contribution in [2.75, 3.05) is 19.6 Å². The van der Waals surface area contributed by atoms with Gasteiger partial charge in [-0.1, -0.05) is 35.5 Å². The third kappa shape index (κ3) is 5.87. The maximum Gasteiger partial charge on any atom is 0.256 e. The van der Waals surface area contributed by atoms with E-state index in [1.165, 1.54) is 12.1 Å². The van der Waals surface area contributed by atoms with Crippen molar-refractivity contribution in [1.29, 1.82) is 0 Å². The van der Waals surface area contributed by atoms with Gasteiger partial charge in [-0.15, -0.1) is 0 Å². The summed E-state index contributed by atoms with van der Waals surface area (Å²) in [5.74, 6) is 0.974. The van der Waals surface area contributed by atoms with Crippen molar-refractivity contribution in [3.8, 4) is 0 Å². The molecule has 0 spiro atoms. The molecule has 4 aromatic rings. The Morgan fingerprint density at radius 3 is 2.61 bits per heavy atom. The van der Waals surface area contributed by atoms with Crippen LogP contribution in [0.5, 0.6) is 0 Å². The molecule has 1 saturated heterocycles. The highest BCUT2D eigenvalue weighted by Gasteiger charge is 2.25. The summed E-state index contributed by atoms with van der Waals surface area (Å²) in [6.07, 6.45) is 5.81. The predicted molar refractivity (Wildman–Crippen MR) is 145 cm³/mol. The summed E-state index contributed by atoms with van der Waals surface area (Å²) in [5, 5.41) is 13.7. The number of aryl methyl sites for hydroxylation is 2. The second-order valence-electron chi connectivity index (χ2n) is 10.2. The highest BCUT2D eigenvalue weighted by molar-refractivity contribution is 5.79. The molecule has 0 unspecified atom stereocenters. The van der Waals surface area contributed by atoms with Crippen LogP contribution in [0.15, 0.2) is 57.8 Å². The Bertz CT molecular complexity index is 1420. The SMILES string of the molecule is Cc1nc2n(c(=O)c1CCN1CCC(c3noc4cc(F)ccc34)CC1)CCCC2.OCc1ccccc1. The van der Waals surface area contributed by atoms with Gasteiger partial charge in [0, 0.05) is 48.1 Å². The van der Waals surface area contributed by atoms with Crippen LogP contribution in [0.25, 0.3) is 11.0 Å². The molecule has 0 saturated carbocycles. The van der Waals surface area contributed by atoms with E-state index in [2.05, 4.69) is 10.1 Å². The molecule has 2 aliphatic rings. The van der Waals surface area contributed by atoms with Crippen LogP contribution in [-0.2, 0) is 26.0 Å². The lowest BCUT2D eigenvalue weighted by atomic mass is 9.91. The maximum absolute atomic E-state index is 13.4. The number of benzene rings is 2. The van der Waals surface area contributed by atoms with Crippen LogP contribution < -0.4 is 5.56 Å². The van der Waals surface area contributed by atoms with Crippen LogP contribution in [0.3, 0.4) is 0 Å². The maximum atomic E-state index is 13.4. The minimum absolute atomic E-state index is 0.140. The highest BCUT2D eigenvalue weighted by atomic mass is 19.1. The molecular weight excluding hydrogens is 483 g/mol. The third-order valence-corrected chi connectivity index (χ3v) is 7.72. The van der Waals surface area contributed by atoms with E-state index in [1.807, 2.05) is 41.8 Å². The normalized spacial score (nSPS) is 16.2. The fraction of sp³-hybridized carbons (Fsp3) is 0.433. The Balaban J connectivity index is 0.000000316. The predicted octanol–water partition coefficient (Wildman–Crippen LogP) is 4.77. The Morgan fingerprint density at radius 1 is 1.08 bits per heavy atom. The molecule has 1 fully saturated rings. The fourth-order valence-corrected chi connectivity index (χ4v) is 5.53. The number of rotatable bonds is 5. The summed E-state index contributed by atoms with van der Waals surface area (Å²) in [7, 11) is 0. The van der Waals surface area contributed by atoms with Gasteiger partial charge in [0.1, 0.15) is 11.6 Å². The smallest absolute Gasteiger partial charge is 0.256 e. The zero-order chi connectivity index (χ0) is 26.5. The molecule has 4 heterocycles. The van der Waals surface area contributed by atoms with E-state index in [0.717, 1.165) is 98.4 Å². The third-order valence-electron chi connectivity index (χ3n) is 7.72. The zero-order valence-electron chi connectivity index (χ0n) is 21.9. The van der Waals surface area contributed by atoms with E-state index in [-0.39, 0.29) is 18.0 Å². The van der Waals surface area contributed by atoms with Crippen LogP contribution in [0.4, 0.5) is 4.39 Å². The lowest BCUT2D eigenvalue weighted by Crippen LogP contribution is -2.37. The zero-order valence-corrected chi connectivity index (χ0v) is 21.9. The Kier molecular flexibility index (Phi) is 8.29. The Morgan fingerprint density at radius 2 is 1.87 bits per heavy atom. The van der Waals surface area contributed by atoms with Gasteiger partial charge in [-0.05, 0) is 69.8 Å². The average Bonchev–Trinajstić information content (AvgIpc) is 3.37. The van der Waals surface area contributed by atoms with Crippen LogP contribution in [0.2, 0.25) is 0 Å². The topological polar surface area (TPSA) is 84.4 Å². The molecule has 1 N–H and O–H groups in total. The first-order valence-corrected chi connectivity index (χ1v) is 13.5. The van der Waals surface area contributed by atoms with E-state index in [1.54, 1.807) is 6.07 Å². The second kappa shape index (κ2) is 12.0. The van der Waals surface area contributed by atoms with Gasteiger partial charge in [0.25, 0.3) is 5.56 Å². The molecule has 6 rings (SSSR count). The van der Waals surface area contributed by atoms with Crippen molar-refractivity contribution in [3.63, 3.8) is 0 Å². The second-order valence-corrected chi connectivity index (χ2v) is 10.2. The fourth-order valence-electron chi connectivity index (χ4n) is 5.53. The number of fused-ring (bicyclic) bond motifs is 2. The van der Waals surface area contributed by atoms with E-state index in [0.29, 0.717) is 11.5 Å². The minimum Gasteiger partial charge on any atom is -0.392 e. The van der Waals surface area contributed by atoms with E-state index < -0.39 is 0 Å². The van der Waals surface area contributed by atoms with Crippen molar-refractivity contribution in [3.05, 3.63) is 93.0 Å².